The van der Waals surface area contributed by atoms with Gasteiger partial charge in [0.25, 0.3) is 0 Å². The summed E-state index contributed by atoms with van der Waals surface area (Å²) in [5, 5.41) is 0. The molecular weight excluding hydrogens is 228 g/mol. The Morgan fingerprint density at radius 1 is 0.889 bits per heavy atom. The molecule has 0 unspecified atom stereocenters. The fourth-order valence-corrected chi connectivity index (χ4v) is 1.42. The molecule has 0 saturated carbocycles. The molecule has 0 aromatic carbocycles. The Morgan fingerprint density at radius 3 is 2.00 bits per heavy atom. The van der Waals surface area contributed by atoms with Crippen molar-refractivity contribution in [1.82, 2.24) is 0 Å². The minimum atomic E-state index is -0.318. The molecule has 0 bridgehead atoms. The first-order chi connectivity index (χ1) is 8.45. The van der Waals surface area contributed by atoms with E-state index in [4.69, 9.17) is 4.74 Å². The molecule has 0 radical (unpaired) electrons. The van der Waals surface area contributed by atoms with Crippen LogP contribution in [0.4, 0.5) is 0 Å². The van der Waals surface area contributed by atoms with E-state index in [2.05, 4.69) is 13.2 Å². The van der Waals surface area contributed by atoms with Crippen molar-refractivity contribution in [2.75, 3.05) is 6.61 Å². The van der Waals surface area contributed by atoms with Gasteiger partial charge in [-0.15, -0.1) is 0 Å². The maximum Gasteiger partial charge on any atom is 0.333 e. The van der Waals surface area contributed by atoms with Gasteiger partial charge in [0.05, 0.1) is 6.61 Å². The van der Waals surface area contributed by atoms with Crippen LogP contribution in [0.25, 0.3) is 0 Å². The van der Waals surface area contributed by atoms with Gasteiger partial charge in [0.1, 0.15) is 0 Å². The summed E-state index contributed by atoms with van der Waals surface area (Å²) in [6, 6.07) is 0. The maximum absolute atomic E-state index is 11.3. The van der Waals surface area contributed by atoms with Crippen LogP contribution in [0.3, 0.4) is 0 Å². The summed E-state index contributed by atoms with van der Waals surface area (Å²) in [4.78, 5) is 22.3. The van der Waals surface area contributed by atoms with Crippen molar-refractivity contribution in [1.29, 1.82) is 0 Å². The zero-order valence-corrected chi connectivity index (χ0v) is 11.6. The van der Waals surface area contributed by atoms with Gasteiger partial charge < -0.3 is 4.74 Å². The second-order valence-electron chi connectivity index (χ2n) is 4.64. The van der Waals surface area contributed by atoms with E-state index in [9.17, 15) is 9.59 Å². The first-order valence-corrected chi connectivity index (χ1v) is 6.46. The normalized spacial score (nSPS) is 9.89. The van der Waals surface area contributed by atoms with Crippen molar-refractivity contribution < 1.29 is 14.3 Å². The molecule has 0 N–H and O–H groups in total. The summed E-state index contributed by atoms with van der Waals surface area (Å²) in [6.45, 7) is 11.0. The molecule has 0 atom stereocenters. The Labute approximate surface area is 110 Å². The summed E-state index contributed by atoms with van der Waals surface area (Å²) < 4.78 is 4.98. The van der Waals surface area contributed by atoms with Crippen molar-refractivity contribution in [3.05, 3.63) is 24.3 Å². The van der Waals surface area contributed by atoms with Crippen LogP contribution >= 0.6 is 0 Å². The number of Topliss-reactive ketones (excluding diaryl/α,β-unsaturated/α-hetero) is 1. The highest BCUT2D eigenvalue weighted by molar-refractivity contribution is 5.93. The highest BCUT2D eigenvalue weighted by Gasteiger charge is 2.03. The maximum atomic E-state index is 11.3. The largest absolute Gasteiger partial charge is 0.462 e. The first-order valence-electron chi connectivity index (χ1n) is 6.46. The van der Waals surface area contributed by atoms with Crippen molar-refractivity contribution in [2.24, 2.45) is 0 Å². The van der Waals surface area contributed by atoms with E-state index < -0.39 is 0 Å². The molecular formula is C15H24O3. The SMILES string of the molecule is C=C(C)C(=O)CCCCCCCOC(=O)C(=C)C. The third-order valence-corrected chi connectivity index (χ3v) is 2.61. The Morgan fingerprint density at radius 2 is 1.44 bits per heavy atom. The van der Waals surface area contributed by atoms with Crippen molar-refractivity contribution in [3.63, 3.8) is 0 Å². The lowest BCUT2D eigenvalue weighted by atomic mass is 10.1. The molecule has 0 fully saturated rings. The van der Waals surface area contributed by atoms with Crippen LogP contribution in [0.15, 0.2) is 24.3 Å². The first kappa shape index (κ1) is 16.6. The average molecular weight is 252 g/mol. The number of hydrogen-bond donors (Lipinski definition) is 0. The molecule has 0 saturated heterocycles. The molecule has 18 heavy (non-hydrogen) atoms. The minimum absolute atomic E-state index is 0.158. The fraction of sp³-hybridized carbons (Fsp3) is 0.600. The van der Waals surface area contributed by atoms with Crippen LogP contribution in [-0.2, 0) is 14.3 Å². The number of hydrogen-bond acceptors (Lipinski definition) is 3. The molecule has 102 valence electrons. The lowest BCUT2D eigenvalue weighted by Gasteiger charge is -2.04. The molecule has 0 aliphatic carbocycles. The molecule has 0 aliphatic rings. The zero-order chi connectivity index (χ0) is 14.0. The van der Waals surface area contributed by atoms with Crippen LogP contribution in [0.1, 0.15) is 52.4 Å². The number of unbranched alkanes of at least 4 members (excludes halogenated alkanes) is 4. The molecule has 3 heteroatoms. The minimum Gasteiger partial charge on any atom is -0.462 e. The Hall–Kier alpha value is -1.38. The number of rotatable bonds is 10. The number of carbonyl (C=O) groups is 2. The van der Waals surface area contributed by atoms with Crippen LogP contribution in [0.2, 0.25) is 0 Å². The molecule has 0 aromatic heterocycles. The van der Waals surface area contributed by atoms with Crippen LogP contribution in [0, 0.1) is 0 Å². The van der Waals surface area contributed by atoms with Gasteiger partial charge in [-0.2, -0.15) is 0 Å². The molecule has 0 spiro atoms. The van der Waals surface area contributed by atoms with E-state index in [1.807, 2.05) is 0 Å². The van der Waals surface area contributed by atoms with Crippen LogP contribution in [-0.4, -0.2) is 18.4 Å². The van der Waals surface area contributed by atoms with E-state index in [1.165, 1.54) is 0 Å². The Bertz CT molecular complexity index is 284. The lowest BCUT2D eigenvalue weighted by Crippen LogP contribution is -2.06. The predicted octanol–water partition coefficient (Wildman–Crippen LogP) is 3.59. The number of allylic oxidation sites excluding steroid dienone is 1. The fourth-order valence-electron chi connectivity index (χ4n) is 1.42. The predicted molar refractivity (Wildman–Crippen MR) is 73.3 cm³/mol. The van der Waals surface area contributed by atoms with Crippen LogP contribution < -0.4 is 0 Å². The van der Waals surface area contributed by atoms with Gasteiger partial charge in [-0.1, -0.05) is 32.4 Å². The van der Waals surface area contributed by atoms with E-state index in [-0.39, 0.29) is 11.8 Å². The molecule has 0 aromatic rings. The third kappa shape index (κ3) is 8.74. The molecule has 0 amide bonds. The lowest BCUT2D eigenvalue weighted by molar-refractivity contribution is -0.139. The van der Waals surface area contributed by atoms with Gasteiger partial charge in [-0.3, -0.25) is 4.79 Å². The van der Waals surface area contributed by atoms with E-state index >= 15 is 0 Å². The smallest absolute Gasteiger partial charge is 0.333 e. The summed E-state index contributed by atoms with van der Waals surface area (Å²) >= 11 is 0. The van der Waals surface area contributed by atoms with Gasteiger partial charge >= 0.3 is 5.97 Å². The molecule has 0 aliphatic heterocycles. The highest BCUT2D eigenvalue weighted by Crippen LogP contribution is 2.08. The van der Waals surface area contributed by atoms with Gasteiger partial charge in [0, 0.05) is 12.0 Å². The monoisotopic (exact) mass is 252 g/mol. The van der Waals surface area contributed by atoms with Crippen LogP contribution in [0.5, 0.6) is 0 Å². The zero-order valence-electron chi connectivity index (χ0n) is 11.6. The van der Waals surface area contributed by atoms with E-state index in [0.717, 1.165) is 32.1 Å². The van der Waals surface area contributed by atoms with Crippen molar-refractivity contribution in [3.8, 4) is 0 Å². The van der Waals surface area contributed by atoms with Gasteiger partial charge in [-0.05, 0) is 32.3 Å². The summed E-state index contributed by atoms with van der Waals surface area (Å²) in [7, 11) is 0. The number of carbonyl (C=O) groups excluding carboxylic acids is 2. The topological polar surface area (TPSA) is 43.4 Å². The number of ether oxygens (including phenoxy) is 1. The second-order valence-corrected chi connectivity index (χ2v) is 4.64. The Balaban J connectivity index is 3.32. The third-order valence-electron chi connectivity index (χ3n) is 2.61. The van der Waals surface area contributed by atoms with Gasteiger partial charge in [-0.25, -0.2) is 4.79 Å². The molecule has 0 heterocycles. The van der Waals surface area contributed by atoms with E-state index in [0.29, 0.717) is 24.2 Å². The van der Waals surface area contributed by atoms with Gasteiger partial charge in [0.2, 0.25) is 0 Å². The van der Waals surface area contributed by atoms with Crippen molar-refractivity contribution in [2.45, 2.75) is 52.4 Å². The van der Waals surface area contributed by atoms with Crippen molar-refractivity contribution >= 4 is 11.8 Å². The van der Waals surface area contributed by atoms with E-state index in [1.54, 1.807) is 13.8 Å². The second kappa shape index (κ2) is 9.63. The number of ketones is 1. The quantitative estimate of drug-likeness (QED) is 0.339. The highest BCUT2D eigenvalue weighted by atomic mass is 16.5. The number of esters is 1. The molecule has 3 nitrogen and oxygen atoms in total. The summed E-state index contributed by atoms with van der Waals surface area (Å²) in [6.07, 6.45) is 5.50. The summed E-state index contributed by atoms with van der Waals surface area (Å²) in [5.41, 5.74) is 1.08. The Kier molecular flexibility index (Phi) is 8.89. The molecule has 0 rings (SSSR count). The standard InChI is InChI=1S/C15H24O3/c1-12(2)14(16)10-8-6-5-7-9-11-18-15(17)13(3)4/h1,3,5-11H2,2,4H3. The van der Waals surface area contributed by atoms with Gasteiger partial charge in [0.15, 0.2) is 5.78 Å². The summed E-state index contributed by atoms with van der Waals surface area (Å²) in [5.74, 6) is -0.160. The average Bonchev–Trinajstić information content (AvgIpc) is 2.31.